The number of carbonyl (C=O) groups is 1. The molecule has 1 unspecified atom stereocenters. The van der Waals surface area contributed by atoms with Crippen molar-refractivity contribution in [3.05, 3.63) is 18.2 Å². The summed E-state index contributed by atoms with van der Waals surface area (Å²) >= 11 is 0. The number of aromatic nitrogens is 2. The molecule has 1 saturated heterocycles. The fourth-order valence-electron chi connectivity index (χ4n) is 2.54. The molecule has 20 heavy (non-hydrogen) atoms. The van der Waals surface area contributed by atoms with E-state index in [0.717, 1.165) is 38.9 Å². The highest BCUT2D eigenvalue weighted by molar-refractivity contribution is 5.76. The highest BCUT2D eigenvalue weighted by Crippen LogP contribution is 2.09. The number of hydrogen-bond acceptors (Lipinski definition) is 5. The van der Waals surface area contributed by atoms with Crippen LogP contribution in [0, 0.1) is 0 Å². The number of aromatic amines is 1. The zero-order valence-corrected chi connectivity index (χ0v) is 12.1. The van der Waals surface area contributed by atoms with Crippen molar-refractivity contribution in [1.29, 1.82) is 0 Å². The van der Waals surface area contributed by atoms with Gasteiger partial charge in [0.15, 0.2) is 0 Å². The Labute approximate surface area is 119 Å². The van der Waals surface area contributed by atoms with Crippen LogP contribution in [0.3, 0.4) is 0 Å². The number of H-pyrrole nitrogens is 1. The van der Waals surface area contributed by atoms with Crippen LogP contribution in [-0.2, 0) is 16.0 Å². The minimum atomic E-state index is -0.129. The van der Waals surface area contributed by atoms with Crippen LogP contribution in [0.1, 0.15) is 25.5 Å². The molecule has 2 heterocycles. The molecular formula is C14H24N4O2. The Morgan fingerprint density at radius 1 is 1.55 bits per heavy atom. The topological polar surface area (TPSA) is 70.2 Å². The van der Waals surface area contributed by atoms with Gasteiger partial charge in [-0.1, -0.05) is 0 Å². The second-order valence-electron chi connectivity index (χ2n) is 5.04. The lowest BCUT2D eigenvalue weighted by Gasteiger charge is -2.34. The first-order valence-electron chi connectivity index (χ1n) is 7.40. The van der Waals surface area contributed by atoms with Crippen molar-refractivity contribution in [2.24, 2.45) is 0 Å². The molecule has 2 N–H and O–H groups in total. The van der Waals surface area contributed by atoms with E-state index in [9.17, 15) is 4.79 Å². The van der Waals surface area contributed by atoms with Gasteiger partial charge in [0.25, 0.3) is 0 Å². The molecule has 112 valence electrons. The Balaban J connectivity index is 1.72. The number of nitrogens with zero attached hydrogens (tertiary/aromatic N) is 2. The van der Waals surface area contributed by atoms with E-state index in [0.29, 0.717) is 13.2 Å². The predicted molar refractivity (Wildman–Crippen MR) is 76.4 cm³/mol. The standard InChI is InChI=1S/C14H24N4O2/c1-2-20-14(19)13-10-15-6-8-18(13)7-4-3-5-12-9-16-11-17-12/h9,11,13,15H,2-8,10H2,1H3,(H,16,17). The van der Waals surface area contributed by atoms with Gasteiger partial charge in [0, 0.05) is 31.5 Å². The molecule has 1 aromatic heterocycles. The van der Waals surface area contributed by atoms with Crippen molar-refractivity contribution in [3.8, 4) is 0 Å². The molecule has 6 heteroatoms. The van der Waals surface area contributed by atoms with Crippen molar-refractivity contribution < 1.29 is 9.53 Å². The van der Waals surface area contributed by atoms with Crippen LogP contribution in [0.2, 0.25) is 0 Å². The number of nitrogens with one attached hydrogen (secondary N) is 2. The van der Waals surface area contributed by atoms with Crippen LogP contribution in [0.4, 0.5) is 0 Å². The Morgan fingerprint density at radius 2 is 2.45 bits per heavy atom. The summed E-state index contributed by atoms with van der Waals surface area (Å²) in [4.78, 5) is 21.3. The van der Waals surface area contributed by atoms with Crippen LogP contribution in [-0.4, -0.2) is 59.7 Å². The summed E-state index contributed by atoms with van der Waals surface area (Å²) in [6.45, 7) is 5.79. The van der Waals surface area contributed by atoms with Gasteiger partial charge in [-0.2, -0.15) is 0 Å². The summed E-state index contributed by atoms with van der Waals surface area (Å²) in [6, 6.07) is -0.129. The van der Waals surface area contributed by atoms with Crippen molar-refractivity contribution in [3.63, 3.8) is 0 Å². The third-order valence-corrected chi connectivity index (χ3v) is 3.61. The van der Waals surface area contributed by atoms with Crippen LogP contribution < -0.4 is 5.32 Å². The number of rotatable bonds is 7. The Morgan fingerprint density at radius 3 is 3.20 bits per heavy atom. The molecule has 0 saturated carbocycles. The molecule has 0 radical (unpaired) electrons. The zero-order valence-electron chi connectivity index (χ0n) is 12.1. The maximum absolute atomic E-state index is 11.9. The summed E-state index contributed by atoms with van der Waals surface area (Å²) in [6.07, 6.45) is 6.77. The van der Waals surface area contributed by atoms with Gasteiger partial charge in [-0.25, -0.2) is 4.98 Å². The highest BCUT2D eigenvalue weighted by Gasteiger charge is 2.29. The summed E-state index contributed by atoms with van der Waals surface area (Å²) < 4.78 is 5.14. The van der Waals surface area contributed by atoms with Gasteiger partial charge < -0.3 is 15.0 Å². The lowest BCUT2D eigenvalue weighted by Crippen LogP contribution is -2.55. The normalized spacial score (nSPS) is 19.9. The molecule has 1 aliphatic rings. The molecular weight excluding hydrogens is 256 g/mol. The summed E-state index contributed by atoms with van der Waals surface area (Å²) in [5.41, 5.74) is 1.17. The van der Waals surface area contributed by atoms with E-state index in [1.807, 2.05) is 13.1 Å². The van der Waals surface area contributed by atoms with Gasteiger partial charge in [0.05, 0.1) is 12.9 Å². The van der Waals surface area contributed by atoms with E-state index < -0.39 is 0 Å². The molecule has 0 spiro atoms. The van der Waals surface area contributed by atoms with E-state index >= 15 is 0 Å². The third-order valence-electron chi connectivity index (χ3n) is 3.61. The number of ether oxygens (including phenoxy) is 1. The van der Waals surface area contributed by atoms with E-state index in [2.05, 4.69) is 20.2 Å². The van der Waals surface area contributed by atoms with Crippen LogP contribution in [0.25, 0.3) is 0 Å². The molecule has 0 amide bonds. The van der Waals surface area contributed by atoms with E-state index in [4.69, 9.17) is 4.74 Å². The van der Waals surface area contributed by atoms with Gasteiger partial charge >= 0.3 is 5.97 Å². The first kappa shape index (κ1) is 15.0. The number of hydrogen-bond donors (Lipinski definition) is 2. The molecule has 6 nitrogen and oxygen atoms in total. The Bertz CT molecular complexity index is 394. The summed E-state index contributed by atoms with van der Waals surface area (Å²) in [5, 5.41) is 3.26. The summed E-state index contributed by atoms with van der Waals surface area (Å²) in [5.74, 6) is -0.103. The van der Waals surface area contributed by atoms with E-state index in [1.54, 1.807) is 6.33 Å². The average Bonchev–Trinajstić information content (AvgIpc) is 2.97. The fourth-order valence-corrected chi connectivity index (χ4v) is 2.54. The molecule has 1 aromatic rings. The number of carbonyl (C=O) groups excluding carboxylic acids is 1. The van der Waals surface area contributed by atoms with Crippen molar-refractivity contribution >= 4 is 5.97 Å². The number of aryl methyl sites for hydroxylation is 1. The average molecular weight is 280 g/mol. The summed E-state index contributed by atoms with van der Waals surface area (Å²) in [7, 11) is 0. The first-order valence-corrected chi connectivity index (χ1v) is 7.40. The minimum Gasteiger partial charge on any atom is -0.465 e. The molecule has 0 aromatic carbocycles. The van der Waals surface area contributed by atoms with Gasteiger partial charge in [-0.05, 0) is 32.7 Å². The van der Waals surface area contributed by atoms with Crippen molar-refractivity contribution in [2.45, 2.75) is 32.2 Å². The van der Waals surface area contributed by atoms with Gasteiger partial charge in [-0.3, -0.25) is 9.69 Å². The van der Waals surface area contributed by atoms with Gasteiger partial charge in [0.2, 0.25) is 0 Å². The Hall–Kier alpha value is -1.40. The van der Waals surface area contributed by atoms with Crippen LogP contribution >= 0.6 is 0 Å². The zero-order chi connectivity index (χ0) is 14.2. The SMILES string of the molecule is CCOC(=O)C1CNCCN1CCCCc1cnc[nH]1. The fraction of sp³-hybridized carbons (Fsp3) is 0.714. The molecule has 2 rings (SSSR count). The molecule has 1 atom stereocenters. The highest BCUT2D eigenvalue weighted by atomic mass is 16.5. The molecule has 0 aliphatic carbocycles. The Kier molecular flexibility index (Phi) is 6.01. The maximum Gasteiger partial charge on any atom is 0.324 e. The van der Waals surface area contributed by atoms with E-state index in [1.165, 1.54) is 5.69 Å². The number of imidazole rings is 1. The largest absolute Gasteiger partial charge is 0.465 e. The van der Waals surface area contributed by atoms with Crippen LogP contribution in [0.15, 0.2) is 12.5 Å². The minimum absolute atomic E-state index is 0.103. The molecule has 1 fully saturated rings. The smallest absolute Gasteiger partial charge is 0.324 e. The second-order valence-corrected chi connectivity index (χ2v) is 5.04. The number of unbranched alkanes of at least 4 members (excludes halogenated alkanes) is 1. The molecule has 0 bridgehead atoms. The molecule has 1 aliphatic heterocycles. The van der Waals surface area contributed by atoms with Crippen LogP contribution in [0.5, 0.6) is 0 Å². The van der Waals surface area contributed by atoms with Crippen molar-refractivity contribution in [2.75, 3.05) is 32.8 Å². The number of piperazine rings is 1. The lowest BCUT2D eigenvalue weighted by molar-refractivity contribution is -0.150. The predicted octanol–water partition coefficient (Wildman–Crippen LogP) is 0.569. The quantitative estimate of drug-likeness (QED) is 0.564. The van der Waals surface area contributed by atoms with Crippen molar-refractivity contribution in [1.82, 2.24) is 20.2 Å². The van der Waals surface area contributed by atoms with Gasteiger partial charge in [-0.15, -0.1) is 0 Å². The van der Waals surface area contributed by atoms with Gasteiger partial charge in [0.1, 0.15) is 6.04 Å². The second kappa shape index (κ2) is 8.01. The lowest BCUT2D eigenvalue weighted by atomic mass is 10.1. The number of esters is 1. The monoisotopic (exact) mass is 280 g/mol. The third kappa shape index (κ3) is 4.31. The first-order chi connectivity index (χ1) is 9.81. The van der Waals surface area contributed by atoms with E-state index in [-0.39, 0.29) is 12.0 Å². The maximum atomic E-state index is 11.9.